The van der Waals surface area contributed by atoms with E-state index < -0.39 is 17.1 Å². The highest BCUT2D eigenvalue weighted by molar-refractivity contribution is 5.88. The molecule has 2 rings (SSSR count). The minimum Gasteiger partial charge on any atom is -0.459 e. The number of aryl methyl sites for hydroxylation is 1. The van der Waals surface area contributed by atoms with Crippen molar-refractivity contribution in [2.24, 2.45) is 0 Å². The molecule has 1 aliphatic heterocycles. The third-order valence-corrected chi connectivity index (χ3v) is 3.08. The first-order valence-electron chi connectivity index (χ1n) is 6.01. The number of hydrogen-bond donors (Lipinski definition) is 1. The monoisotopic (exact) mass is 251 g/mol. The Morgan fingerprint density at radius 2 is 2.33 bits per heavy atom. The van der Waals surface area contributed by atoms with E-state index in [1.165, 1.54) is 6.07 Å². The van der Waals surface area contributed by atoms with Gasteiger partial charge < -0.3 is 14.5 Å². The summed E-state index contributed by atoms with van der Waals surface area (Å²) in [4.78, 5) is 25.9. The van der Waals surface area contributed by atoms with Crippen molar-refractivity contribution in [1.82, 2.24) is 4.98 Å². The van der Waals surface area contributed by atoms with Gasteiger partial charge in [-0.3, -0.25) is 4.79 Å². The van der Waals surface area contributed by atoms with E-state index in [1.54, 1.807) is 13.0 Å². The van der Waals surface area contributed by atoms with Gasteiger partial charge >= 0.3 is 5.97 Å². The average molecular weight is 251 g/mol. The first kappa shape index (κ1) is 12.8. The zero-order valence-corrected chi connectivity index (χ0v) is 10.6. The van der Waals surface area contributed by atoms with E-state index >= 15 is 0 Å². The van der Waals surface area contributed by atoms with E-state index in [2.05, 4.69) is 4.98 Å². The lowest BCUT2D eigenvalue weighted by Gasteiger charge is -2.22. The smallest absolute Gasteiger partial charge is 0.343 e. The standard InChI is InChI=1S/C13H17NO4/c1-9-4-5-10(11(15)14-9)12(16)17-8-13(2)6-3-7-18-13/h4-5H,3,6-8H2,1-2H3,(H,14,15)/t13-/m0/s1. The van der Waals surface area contributed by atoms with Gasteiger partial charge in [0.1, 0.15) is 12.2 Å². The van der Waals surface area contributed by atoms with Crippen molar-refractivity contribution in [1.29, 1.82) is 0 Å². The largest absolute Gasteiger partial charge is 0.459 e. The maximum absolute atomic E-state index is 11.8. The van der Waals surface area contributed by atoms with Gasteiger partial charge in [-0.25, -0.2) is 4.79 Å². The summed E-state index contributed by atoms with van der Waals surface area (Å²) in [7, 11) is 0. The molecule has 0 amide bonds. The second-order valence-electron chi connectivity index (χ2n) is 4.86. The number of hydrogen-bond acceptors (Lipinski definition) is 4. The zero-order chi connectivity index (χ0) is 13.2. The SMILES string of the molecule is Cc1ccc(C(=O)OC[C@]2(C)CCCO2)c(=O)[nH]1. The van der Waals surface area contributed by atoms with E-state index in [9.17, 15) is 9.59 Å². The van der Waals surface area contributed by atoms with Gasteiger partial charge in [0, 0.05) is 12.3 Å². The first-order valence-corrected chi connectivity index (χ1v) is 6.01. The first-order chi connectivity index (χ1) is 8.50. The Morgan fingerprint density at radius 1 is 1.56 bits per heavy atom. The van der Waals surface area contributed by atoms with Crippen LogP contribution in [-0.2, 0) is 9.47 Å². The van der Waals surface area contributed by atoms with Crippen LogP contribution in [0.4, 0.5) is 0 Å². The zero-order valence-electron chi connectivity index (χ0n) is 10.6. The Labute approximate surface area is 105 Å². The Balaban J connectivity index is 2.01. The molecule has 0 radical (unpaired) electrons. The Morgan fingerprint density at radius 3 is 2.94 bits per heavy atom. The van der Waals surface area contributed by atoms with Crippen LogP contribution in [0, 0.1) is 6.92 Å². The van der Waals surface area contributed by atoms with Crippen LogP contribution in [0.1, 0.15) is 35.8 Å². The van der Waals surface area contributed by atoms with E-state index in [-0.39, 0.29) is 12.2 Å². The molecule has 18 heavy (non-hydrogen) atoms. The average Bonchev–Trinajstić information content (AvgIpc) is 2.74. The number of rotatable bonds is 3. The second kappa shape index (κ2) is 4.94. The van der Waals surface area contributed by atoms with E-state index in [0.29, 0.717) is 12.3 Å². The van der Waals surface area contributed by atoms with Crippen molar-refractivity contribution >= 4 is 5.97 Å². The molecule has 0 aliphatic carbocycles. The van der Waals surface area contributed by atoms with Crippen molar-refractivity contribution in [3.05, 3.63) is 33.7 Å². The Bertz CT molecular complexity index is 500. The lowest BCUT2D eigenvalue weighted by atomic mass is 10.0. The van der Waals surface area contributed by atoms with Crippen molar-refractivity contribution in [2.75, 3.05) is 13.2 Å². The molecule has 5 nitrogen and oxygen atoms in total. The lowest BCUT2D eigenvalue weighted by molar-refractivity contribution is -0.0379. The summed E-state index contributed by atoms with van der Waals surface area (Å²) in [6, 6.07) is 3.15. The molecule has 2 heterocycles. The summed E-state index contributed by atoms with van der Waals surface area (Å²) in [6.07, 6.45) is 1.84. The van der Waals surface area contributed by atoms with Crippen LogP contribution >= 0.6 is 0 Å². The normalized spacial score (nSPS) is 23.0. The number of esters is 1. The number of nitrogens with one attached hydrogen (secondary N) is 1. The van der Waals surface area contributed by atoms with Crippen LogP contribution in [0.3, 0.4) is 0 Å². The summed E-state index contributed by atoms with van der Waals surface area (Å²) in [5, 5.41) is 0. The third-order valence-electron chi connectivity index (χ3n) is 3.08. The number of aromatic amines is 1. The molecule has 0 saturated carbocycles. The molecule has 0 bridgehead atoms. The Hall–Kier alpha value is -1.62. The molecule has 1 atom stereocenters. The van der Waals surface area contributed by atoms with Crippen molar-refractivity contribution in [3.63, 3.8) is 0 Å². The number of aromatic nitrogens is 1. The quantitative estimate of drug-likeness (QED) is 0.825. The van der Waals surface area contributed by atoms with Gasteiger partial charge in [-0.2, -0.15) is 0 Å². The highest BCUT2D eigenvalue weighted by atomic mass is 16.6. The third kappa shape index (κ3) is 2.79. The molecule has 98 valence electrons. The highest BCUT2D eigenvalue weighted by Gasteiger charge is 2.31. The van der Waals surface area contributed by atoms with Gasteiger partial charge in [-0.15, -0.1) is 0 Å². The number of H-pyrrole nitrogens is 1. The molecule has 0 aromatic carbocycles. The van der Waals surface area contributed by atoms with Crippen LogP contribution in [-0.4, -0.2) is 29.8 Å². The second-order valence-corrected chi connectivity index (χ2v) is 4.86. The van der Waals surface area contributed by atoms with Gasteiger partial charge in [-0.1, -0.05) is 0 Å². The molecule has 1 aliphatic rings. The maximum atomic E-state index is 11.8. The number of ether oxygens (including phenoxy) is 2. The molecule has 1 fully saturated rings. The van der Waals surface area contributed by atoms with Gasteiger partial charge in [0.05, 0.1) is 5.60 Å². The maximum Gasteiger partial charge on any atom is 0.343 e. The number of carbonyl (C=O) groups is 1. The predicted molar refractivity (Wildman–Crippen MR) is 65.7 cm³/mol. The molecule has 1 aromatic heterocycles. The van der Waals surface area contributed by atoms with Gasteiger partial charge in [0.2, 0.25) is 0 Å². The minimum atomic E-state index is -0.604. The fraction of sp³-hybridized carbons (Fsp3) is 0.538. The van der Waals surface area contributed by atoms with E-state index in [1.807, 2.05) is 6.92 Å². The lowest BCUT2D eigenvalue weighted by Crippen LogP contribution is -2.32. The van der Waals surface area contributed by atoms with Crippen LogP contribution in [0.25, 0.3) is 0 Å². The predicted octanol–water partition coefficient (Wildman–Crippen LogP) is 1.41. The summed E-state index contributed by atoms with van der Waals surface area (Å²) >= 11 is 0. The molecule has 5 heteroatoms. The van der Waals surface area contributed by atoms with E-state index in [0.717, 1.165) is 12.8 Å². The topological polar surface area (TPSA) is 68.4 Å². The molecular formula is C13H17NO4. The van der Waals surface area contributed by atoms with Gasteiger partial charge in [-0.05, 0) is 38.8 Å². The fourth-order valence-electron chi connectivity index (χ4n) is 1.98. The summed E-state index contributed by atoms with van der Waals surface area (Å²) < 4.78 is 10.7. The minimum absolute atomic E-state index is 0.0298. The van der Waals surface area contributed by atoms with Crippen molar-refractivity contribution in [2.45, 2.75) is 32.3 Å². The van der Waals surface area contributed by atoms with Gasteiger partial charge in [0.15, 0.2) is 0 Å². The molecular weight excluding hydrogens is 234 g/mol. The molecule has 1 aromatic rings. The summed E-state index contributed by atoms with van der Waals surface area (Å²) in [5.74, 6) is -0.604. The molecule has 1 saturated heterocycles. The molecule has 1 N–H and O–H groups in total. The van der Waals surface area contributed by atoms with Crippen molar-refractivity contribution in [3.8, 4) is 0 Å². The molecule has 0 spiro atoms. The van der Waals surface area contributed by atoms with Crippen LogP contribution in [0.2, 0.25) is 0 Å². The number of pyridine rings is 1. The van der Waals surface area contributed by atoms with Gasteiger partial charge in [0.25, 0.3) is 5.56 Å². The summed E-state index contributed by atoms with van der Waals surface area (Å²) in [6.45, 7) is 4.54. The van der Waals surface area contributed by atoms with Crippen LogP contribution < -0.4 is 5.56 Å². The Kier molecular flexibility index (Phi) is 3.52. The summed E-state index contributed by atoms with van der Waals surface area (Å²) in [5.41, 5.74) is -0.0880. The number of carbonyl (C=O) groups excluding carboxylic acids is 1. The fourth-order valence-corrected chi connectivity index (χ4v) is 1.98. The van der Waals surface area contributed by atoms with E-state index in [4.69, 9.17) is 9.47 Å². The highest BCUT2D eigenvalue weighted by Crippen LogP contribution is 2.25. The van der Waals surface area contributed by atoms with Crippen molar-refractivity contribution < 1.29 is 14.3 Å². The van der Waals surface area contributed by atoms with Crippen LogP contribution in [0.5, 0.6) is 0 Å². The van der Waals surface area contributed by atoms with Crippen LogP contribution in [0.15, 0.2) is 16.9 Å². The molecule has 0 unspecified atom stereocenters.